The maximum Gasteiger partial charge on any atom is 0.180 e. The summed E-state index contributed by atoms with van der Waals surface area (Å²) < 4.78 is 0. The zero-order chi connectivity index (χ0) is 16.2. The second kappa shape index (κ2) is 6.75. The standard InChI is InChI=1S/C18H17ClN4/c1-12-13(2)22-18(16-5-3-4-10-20-16)23-17(12)21-11-14-6-8-15(19)9-7-14/h3-10H,11H2,1-2H3,(H,21,22,23). The van der Waals surface area contributed by atoms with Crippen molar-refractivity contribution in [3.8, 4) is 11.5 Å². The molecule has 2 aromatic heterocycles. The van der Waals surface area contributed by atoms with Gasteiger partial charge in [-0.15, -0.1) is 0 Å². The maximum absolute atomic E-state index is 5.92. The molecule has 2 heterocycles. The molecule has 3 rings (SSSR count). The molecule has 0 radical (unpaired) electrons. The Kier molecular flexibility index (Phi) is 4.53. The van der Waals surface area contributed by atoms with Gasteiger partial charge in [0.05, 0.1) is 0 Å². The van der Waals surface area contributed by atoms with Crippen LogP contribution in [0.3, 0.4) is 0 Å². The molecule has 0 unspecified atom stereocenters. The van der Waals surface area contributed by atoms with Crippen LogP contribution in [-0.4, -0.2) is 15.0 Å². The van der Waals surface area contributed by atoms with Crippen LogP contribution in [0.2, 0.25) is 5.02 Å². The van der Waals surface area contributed by atoms with Crippen molar-refractivity contribution < 1.29 is 0 Å². The van der Waals surface area contributed by atoms with Crippen LogP contribution in [0.1, 0.15) is 16.8 Å². The Morgan fingerprint density at radius 3 is 2.48 bits per heavy atom. The van der Waals surface area contributed by atoms with E-state index in [4.69, 9.17) is 11.6 Å². The molecule has 4 nitrogen and oxygen atoms in total. The molecule has 0 aliphatic rings. The number of nitrogens with one attached hydrogen (secondary N) is 1. The Labute approximate surface area is 140 Å². The molecule has 0 aliphatic carbocycles. The minimum Gasteiger partial charge on any atom is -0.366 e. The first-order valence-electron chi connectivity index (χ1n) is 7.38. The lowest BCUT2D eigenvalue weighted by Crippen LogP contribution is -2.07. The average Bonchev–Trinajstić information content (AvgIpc) is 2.58. The van der Waals surface area contributed by atoms with E-state index in [1.807, 2.05) is 56.3 Å². The SMILES string of the molecule is Cc1nc(-c2ccccn2)nc(NCc2ccc(Cl)cc2)c1C. The van der Waals surface area contributed by atoms with Crippen molar-refractivity contribution in [2.75, 3.05) is 5.32 Å². The molecule has 0 aliphatic heterocycles. The molecule has 5 heteroatoms. The number of hydrogen-bond acceptors (Lipinski definition) is 4. The van der Waals surface area contributed by atoms with E-state index in [-0.39, 0.29) is 0 Å². The molecule has 3 aromatic rings. The first-order valence-corrected chi connectivity index (χ1v) is 7.76. The van der Waals surface area contributed by atoms with Gasteiger partial charge in [0.25, 0.3) is 0 Å². The van der Waals surface area contributed by atoms with Crippen molar-refractivity contribution in [1.29, 1.82) is 0 Å². The second-order valence-electron chi connectivity index (χ2n) is 5.30. The number of anilines is 1. The highest BCUT2D eigenvalue weighted by Gasteiger charge is 2.10. The minimum atomic E-state index is 0.632. The fourth-order valence-corrected chi connectivity index (χ4v) is 2.32. The molecule has 0 fully saturated rings. The van der Waals surface area contributed by atoms with Crippen LogP contribution in [0.4, 0.5) is 5.82 Å². The topological polar surface area (TPSA) is 50.7 Å². The van der Waals surface area contributed by atoms with Gasteiger partial charge >= 0.3 is 0 Å². The molecule has 1 N–H and O–H groups in total. The molecule has 0 saturated heterocycles. The van der Waals surface area contributed by atoms with Crippen molar-refractivity contribution >= 4 is 17.4 Å². The predicted octanol–water partition coefficient (Wildman–Crippen LogP) is 4.42. The number of halogens is 1. The van der Waals surface area contributed by atoms with Crippen LogP contribution in [0.15, 0.2) is 48.7 Å². The number of aryl methyl sites for hydroxylation is 1. The van der Waals surface area contributed by atoms with Crippen molar-refractivity contribution in [3.05, 3.63) is 70.5 Å². The van der Waals surface area contributed by atoms with Crippen molar-refractivity contribution in [2.45, 2.75) is 20.4 Å². The summed E-state index contributed by atoms with van der Waals surface area (Å²) in [5.41, 5.74) is 3.90. The van der Waals surface area contributed by atoms with Gasteiger partial charge in [-0.3, -0.25) is 4.98 Å². The molecule has 1 aromatic carbocycles. The van der Waals surface area contributed by atoms with Crippen LogP contribution in [0.5, 0.6) is 0 Å². The van der Waals surface area contributed by atoms with Crippen LogP contribution in [0.25, 0.3) is 11.5 Å². The third-order valence-electron chi connectivity index (χ3n) is 3.66. The summed E-state index contributed by atoms with van der Waals surface area (Å²) in [5.74, 6) is 1.46. The number of nitrogens with zero attached hydrogens (tertiary/aromatic N) is 3. The van der Waals surface area contributed by atoms with Gasteiger partial charge in [-0.25, -0.2) is 9.97 Å². The smallest absolute Gasteiger partial charge is 0.180 e. The van der Waals surface area contributed by atoms with Crippen molar-refractivity contribution in [3.63, 3.8) is 0 Å². The van der Waals surface area contributed by atoms with Gasteiger partial charge in [-0.1, -0.05) is 29.8 Å². The summed E-state index contributed by atoms with van der Waals surface area (Å²) in [5, 5.41) is 4.11. The summed E-state index contributed by atoms with van der Waals surface area (Å²) in [4.78, 5) is 13.5. The maximum atomic E-state index is 5.92. The predicted molar refractivity (Wildman–Crippen MR) is 93.5 cm³/mol. The number of pyridine rings is 1. The van der Waals surface area contributed by atoms with E-state index in [0.29, 0.717) is 12.4 Å². The van der Waals surface area contributed by atoms with Gasteiger partial charge < -0.3 is 5.32 Å². The summed E-state index contributed by atoms with van der Waals surface area (Å²) >= 11 is 5.92. The van der Waals surface area contributed by atoms with Gasteiger partial charge in [-0.05, 0) is 43.7 Å². The van der Waals surface area contributed by atoms with E-state index in [0.717, 1.165) is 33.4 Å². The summed E-state index contributed by atoms with van der Waals surface area (Å²) in [6.07, 6.45) is 1.74. The quantitative estimate of drug-likeness (QED) is 0.771. The van der Waals surface area contributed by atoms with Gasteiger partial charge in [0.15, 0.2) is 5.82 Å². The van der Waals surface area contributed by atoms with E-state index >= 15 is 0 Å². The zero-order valence-electron chi connectivity index (χ0n) is 13.0. The van der Waals surface area contributed by atoms with Gasteiger partial charge in [0.2, 0.25) is 0 Å². The Morgan fingerprint density at radius 1 is 1.00 bits per heavy atom. The largest absolute Gasteiger partial charge is 0.366 e. The highest BCUT2D eigenvalue weighted by Crippen LogP contribution is 2.21. The van der Waals surface area contributed by atoms with E-state index in [9.17, 15) is 0 Å². The summed E-state index contributed by atoms with van der Waals surface area (Å²) in [6.45, 7) is 4.68. The average molecular weight is 325 g/mol. The van der Waals surface area contributed by atoms with Crippen LogP contribution in [-0.2, 0) is 6.54 Å². The van der Waals surface area contributed by atoms with Gasteiger partial charge in [0, 0.05) is 29.0 Å². The third-order valence-corrected chi connectivity index (χ3v) is 3.91. The highest BCUT2D eigenvalue weighted by atomic mass is 35.5. The van der Waals surface area contributed by atoms with E-state index in [1.165, 1.54) is 0 Å². The monoisotopic (exact) mass is 324 g/mol. The van der Waals surface area contributed by atoms with E-state index < -0.39 is 0 Å². The third kappa shape index (κ3) is 3.66. The van der Waals surface area contributed by atoms with Crippen LogP contribution in [0, 0.1) is 13.8 Å². The number of rotatable bonds is 4. The lowest BCUT2D eigenvalue weighted by atomic mass is 10.2. The van der Waals surface area contributed by atoms with Gasteiger partial charge in [-0.2, -0.15) is 0 Å². The Bertz CT molecular complexity index is 801. The molecule has 0 amide bonds. The number of benzene rings is 1. The van der Waals surface area contributed by atoms with Crippen LogP contribution < -0.4 is 5.32 Å². The summed E-state index contributed by atoms with van der Waals surface area (Å²) in [7, 11) is 0. The first-order chi connectivity index (χ1) is 11.1. The van der Waals surface area contributed by atoms with Crippen molar-refractivity contribution in [1.82, 2.24) is 15.0 Å². The summed E-state index contributed by atoms with van der Waals surface area (Å²) in [6, 6.07) is 13.5. The van der Waals surface area contributed by atoms with Crippen LogP contribution >= 0.6 is 11.6 Å². The van der Waals surface area contributed by atoms with Crippen molar-refractivity contribution in [2.24, 2.45) is 0 Å². The highest BCUT2D eigenvalue weighted by molar-refractivity contribution is 6.30. The number of hydrogen-bond donors (Lipinski definition) is 1. The van der Waals surface area contributed by atoms with E-state index in [1.54, 1.807) is 6.20 Å². The molecular formula is C18H17ClN4. The minimum absolute atomic E-state index is 0.632. The number of aromatic nitrogens is 3. The molecule has 23 heavy (non-hydrogen) atoms. The molecule has 0 atom stereocenters. The molecule has 0 saturated carbocycles. The Balaban J connectivity index is 1.86. The first kappa shape index (κ1) is 15.4. The second-order valence-corrected chi connectivity index (χ2v) is 5.74. The molecular weight excluding hydrogens is 308 g/mol. The lowest BCUT2D eigenvalue weighted by molar-refractivity contribution is 1.02. The van der Waals surface area contributed by atoms with Gasteiger partial charge in [0.1, 0.15) is 11.5 Å². The normalized spacial score (nSPS) is 10.6. The Hall–Kier alpha value is -2.46. The van der Waals surface area contributed by atoms with E-state index in [2.05, 4.69) is 20.3 Å². The molecule has 0 spiro atoms. The fraction of sp³-hybridized carbons (Fsp3) is 0.167. The Morgan fingerprint density at radius 2 is 1.78 bits per heavy atom. The fourth-order valence-electron chi connectivity index (χ4n) is 2.20. The zero-order valence-corrected chi connectivity index (χ0v) is 13.8. The molecule has 0 bridgehead atoms. The molecule has 116 valence electrons. The lowest BCUT2D eigenvalue weighted by Gasteiger charge is -2.12.